The molecule has 0 aliphatic carbocycles. The molecule has 1 aromatic rings. The van der Waals surface area contributed by atoms with Gasteiger partial charge in [-0.2, -0.15) is 0 Å². The first-order chi connectivity index (χ1) is 8.93. The first-order valence-corrected chi connectivity index (χ1v) is 9.97. The summed E-state index contributed by atoms with van der Waals surface area (Å²) in [6.45, 7) is 2.29. The summed E-state index contributed by atoms with van der Waals surface area (Å²) in [5, 5.41) is 0. The molecule has 102 valence electrons. The summed E-state index contributed by atoms with van der Waals surface area (Å²) in [6.07, 6.45) is 11.5. The molecule has 0 amide bonds. The number of aryl methyl sites for hydroxylation is 1. The predicted molar refractivity (Wildman–Crippen MR) is 86.3 cm³/mol. The number of hydrogen-bond acceptors (Lipinski definition) is 0. The quantitative estimate of drug-likeness (QED) is 0.389. The highest BCUT2D eigenvalue weighted by molar-refractivity contribution is 6.35. The Morgan fingerprint density at radius 2 is 1.44 bits per heavy atom. The van der Waals surface area contributed by atoms with Crippen molar-refractivity contribution in [2.24, 2.45) is 0 Å². The summed E-state index contributed by atoms with van der Waals surface area (Å²) in [5.41, 5.74) is 1.52. The Morgan fingerprint density at radius 3 is 2.22 bits per heavy atom. The van der Waals surface area contributed by atoms with E-state index in [0.717, 1.165) is 0 Å². The zero-order valence-electron chi connectivity index (χ0n) is 12.2. The molecular formula is C17H30Si. The third-order valence-electron chi connectivity index (χ3n) is 3.66. The largest absolute Gasteiger partial charge is 0.0654 e. The molecule has 0 unspecified atom stereocenters. The standard InChI is InChI=1S/C17H30Si/c1-2-3-4-5-6-10-15-18-16-11-14-17-12-8-7-9-13-17/h7-9,12-13H,2-6,10-11,14-16,18H2,1H3. The number of hydrogen-bond donors (Lipinski definition) is 0. The van der Waals surface area contributed by atoms with Crippen LogP contribution in [0.2, 0.25) is 12.1 Å². The zero-order valence-corrected chi connectivity index (χ0v) is 13.6. The maximum atomic E-state index is 2.29. The van der Waals surface area contributed by atoms with E-state index >= 15 is 0 Å². The highest BCUT2D eigenvalue weighted by Gasteiger charge is 1.94. The van der Waals surface area contributed by atoms with Gasteiger partial charge in [0.2, 0.25) is 0 Å². The Labute approximate surface area is 116 Å². The van der Waals surface area contributed by atoms with Crippen molar-refractivity contribution in [2.45, 2.75) is 70.4 Å². The lowest BCUT2D eigenvalue weighted by atomic mass is 10.1. The van der Waals surface area contributed by atoms with Gasteiger partial charge < -0.3 is 0 Å². The molecule has 0 saturated carbocycles. The molecule has 0 heterocycles. The van der Waals surface area contributed by atoms with Gasteiger partial charge in [0.05, 0.1) is 0 Å². The minimum atomic E-state index is 0.256. The van der Waals surface area contributed by atoms with Crippen LogP contribution in [0.4, 0.5) is 0 Å². The highest BCUT2D eigenvalue weighted by Crippen LogP contribution is 2.09. The normalized spacial score (nSPS) is 11.4. The number of rotatable bonds is 11. The van der Waals surface area contributed by atoms with E-state index in [9.17, 15) is 0 Å². The fourth-order valence-electron chi connectivity index (χ4n) is 2.46. The third-order valence-corrected chi connectivity index (χ3v) is 5.66. The molecule has 0 fully saturated rings. The van der Waals surface area contributed by atoms with Crippen LogP contribution in [-0.4, -0.2) is 9.52 Å². The van der Waals surface area contributed by atoms with Crippen molar-refractivity contribution in [3.63, 3.8) is 0 Å². The van der Waals surface area contributed by atoms with Crippen molar-refractivity contribution in [1.82, 2.24) is 0 Å². The van der Waals surface area contributed by atoms with Gasteiger partial charge >= 0.3 is 0 Å². The second kappa shape index (κ2) is 11.5. The van der Waals surface area contributed by atoms with Crippen LogP contribution in [0, 0.1) is 0 Å². The Kier molecular flexibility index (Phi) is 9.92. The van der Waals surface area contributed by atoms with Crippen molar-refractivity contribution < 1.29 is 0 Å². The third kappa shape index (κ3) is 8.52. The van der Waals surface area contributed by atoms with E-state index in [1.54, 1.807) is 12.1 Å². The van der Waals surface area contributed by atoms with Crippen LogP contribution in [0.15, 0.2) is 30.3 Å². The summed E-state index contributed by atoms with van der Waals surface area (Å²) in [6, 6.07) is 14.1. The molecule has 1 rings (SSSR count). The van der Waals surface area contributed by atoms with Crippen LogP contribution in [-0.2, 0) is 6.42 Å². The average molecular weight is 263 g/mol. The number of unbranched alkanes of at least 4 members (excludes halogenated alkanes) is 5. The molecule has 0 bridgehead atoms. The molecule has 0 saturated heterocycles. The summed E-state index contributed by atoms with van der Waals surface area (Å²) in [5.74, 6) is 0. The molecule has 1 heteroatoms. The number of benzene rings is 1. The Hall–Kier alpha value is -0.563. The average Bonchev–Trinajstić information content (AvgIpc) is 2.42. The second-order valence-electron chi connectivity index (χ2n) is 5.42. The molecule has 0 spiro atoms. The van der Waals surface area contributed by atoms with Gasteiger partial charge in [-0.05, 0) is 12.0 Å². The summed E-state index contributed by atoms with van der Waals surface area (Å²) < 4.78 is 0. The van der Waals surface area contributed by atoms with Crippen molar-refractivity contribution >= 4 is 9.52 Å². The maximum absolute atomic E-state index is 2.29. The summed E-state index contributed by atoms with van der Waals surface area (Å²) in [7, 11) is 0.256. The van der Waals surface area contributed by atoms with E-state index in [1.807, 2.05) is 0 Å². The predicted octanol–water partition coefficient (Wildman–Crippen LogP) is 4.99. The Bertz CT molecular complexity index is 268. The van der Waals surface area contributed by atoms with Gasteiger partial charge in [0.15, 0.2) is 0 Å². The van der Waals surface area contributed by atoms with Crippen molar-refractivity contribution in [1.29, 1.82) is 0 Å². The van der Waals surface area contributed by atoms with Crippen LogP contribution in [0.25, 0.3) is 0 Å². The van der Waals surface area contributed by atoms with Crippen LogP contribution in [0.5, 0.6) is 0 Å². The fraction of sp³-hybridized carbons (Fsp3) is 0.647. The van der Waals surface area contributed by atoms with Crippen molar-refractivity contribution in [2.75, 3.05) is 0 Å². The monoisotopic (exact) mass is 262 g/mol. The van der Waals surface area contributed by atoms with Gasteiger partial charge in [0.1, 0.15) is 0 Å². The van der Waals surface area contributed by atoms with Gasteiger partial charge in [-0.3, -0.25) is 0 Å². The molecule has 0 radical (unpaired) electrons. The Balaban J connectivity index is 1.82. The molecule has 18 heavy (non-hydrogen) atoms. The summed E-state index contributed by atoms with van der Waals surface area (Å²) in [4.78, 5) is 0. The van der Waals surface area contributed by atoms with E-state index < -0.39 is 0 Å². The van der Waals surface area contributed by atoms with E-state index in [1.165, 1.54) is 56.9 Å². The van der Waals surface area contributed by atoms with Crippen molar-refractivity contribution in [3.8, 4) is 0 Å². The zero-order chi connectivity index (χ0) is 12.9. The minimum Gasteiger partial charge on any atom is -0.0654 e. The SMILES string of the molecule is CCCCCCCC[SiH2]CCCc1ccccc1. The van der Waals surface area contributed by atoms with Gasteiger partial charge in [-0.15, -0.1) is 0 Å². The molecule has 0 N–H and O–H groups in total. The molecule has 0 aliphatic heterocycles. The smallest absolute Gasteiger partial charge is 0.0198 e. The van der Waals surface area contributed by atoms with E-state index in [-0.39, 0.29) is 9.52 Å². The molecule has 1 aromatic carbocycles. The topological polar surface area (TPSA) is 0 Å². The maximum Gasteiger partial charge on any atom is 0.0198 e. The Morgan fingerprint density at radius 1 is 0.778 bits per heavy atom. The lowest BCUT2D eigenvalue weighted by Gasteiger charge is -2.02. The van der Waals surface area contributed by atoms with Crippen LogP contribution < -0.4 is 0 Å². The van der Waals surface area contributed by atoms with Gasteiger partial charge in [-0.1, -0.05) is 94.3 Å². The minimum absolute atomic E-state index is 0.256. The van der Waals surface area contributed by atoms with Crippen LogP contribution >= 0.6 is 0 Å². The first-order valence-electron chi connectivity index (χ1n) is 7.97. The first kappa shape index (κ1) is 15.5. The van der Waals surface area contributed by atoms with E-state index in [4.69, 9.17) is 0 Å². The van der Waals surface area contributed by atoms with Crippen LogP contribution in [0.1, 0.15) is 57.4 Å². The molecule has 0 nitrogen and oxygen atoms in total. The van der Waals surface area contributed by atoms with Gasteiger partial charge in [-0.25, -0.2) is 0 Å². The van der Waals surface area contributed by atoms with Crippen LogP contribution in [0.3, 0.4) is 0 Å². The highest BCUT2D eigenvalue weighted by atomic mass is 28.2. The van der Waals surface area contributed by atoms with E-state index in [2.05, 4.69) is 37.3 Å². The lowest BCUT2D eigenvalue weighted by molar-refractivity contribution is 0.623. The molecule has 0 atom stereocenters. The second-order valence-corrected chi connectivity index (χ2v) is 7.54. The molecular weight excluding hydrogens is 232 g/mol. The molecule has 0 aliphatic rings. The summed E-state index contributed by atoms with van der Waals surface area (Å²) >= 11 is 0. The fourth-order valence-corrected chi connectivity index (χ4v) is 4.13. The van der Waals surface area contributed by atoms with Gasteiger partial charge in [0.25, 0.3) is 0 Å². The van der Waals surface area contributed by atoms with Gasteiger partial charge in [0, 0.05) is 9.52 Å². The lowest BCUT2D eigenvalue weighted by Crippen LogP contribution is -1.92. The molecule has 0 aromatic heterocycles. The van der Waals surface area contributed by atoms with Crippen molar-refractivity contribution in [3.05, 3.63) is 35.9 Å². The van der Waals surface area contributed by atoms with E-state index in [0.29, 0.717) is 0 Å².